The first kappa shape index (κ1) is 9.02. The molecule has 2 aromatic rings. The van der Waals surface area contributed by atoms with Crippen LogP contribution in [-0.2, 0) is 6.42 Å². The van der Waals surface area contributed by atoms with Crippen LogP contribution in [0.3, 0.4) is 0 Å². The SMILES string of the molecule is COc1ccnc2c(CCN)c[nH]c12. The summed E-state index contributed by atoms with van der Waals surface area (Å²) in [5.41, 5.74) is 8.55. The second-order valence-electron chi connectivity index (χ2n) is 3.09. The van der Waals surface area contributed by atoms with Gasteiger partial charge in [0.1, 0.15) is 11.3 Å². The number of nitrogens with one attached hydrogen (secondary N) is 1. The molecule has 4 nitrogen and oxygen atoms in total. The number of hydrogen-bond acceptors (Lipinski definition) is 3. The molecular formula is C10H13N3O. The first-order valence-corrected chi connectivity index (χ1v) is 4.56. The lowest BCUT2D eigenvalue weighted by Crippen LogP contribution is -2.02. The molecule has 2 heterocycles. The van der Waals surface area contributed by atoms with Gasteiger partial charge < -0.3 is 15.5 Å². The molecule has 0 unspecified atom stereocenters. The second kappa shape index (κ2) is 3.67. The van der Waals surface area contributed by atoms with E-state index in [0.717, 1.165) is 28.8 Å². The fraction of sp³-hybridized carbons (Fsp3) is 0.300. The molecule has 0 aliphatic rings. The minimum atomic E-state index is 0.631. The smallest absolute Gasteiger partial charge is 0.146 e. The van der Waals surface area contributed by atoms with Crippen LogP contribution in [0.4, 0.5) is 0 Å². The van der Waals surface area contributed by atoms with E-state index in [2.05, 4.69) is 9.97 Å². The third-order valence-corrected chi connectivity index (χ3v) is 2.24. The lowest BCUT2D eigenvalue weighted by molar-refractivity contribution is 0.418. The number of hydrogen-bond donors (Lipinski definition) is 2. The normalized spacial score (nSPS) is 10.7. The molecule has 0 atom stereocenters. The first-order valence-electron chi connectivity index (χ1n) is 4.56. The van der Waals surface area contributed by atoms with Gasteiger partial charge in [-0.1, -0.05) is 0 Å². The van der Waals surface area contributed by atoms with Crippen molar-refractivity contribution in [3.05, 3.63) is 24.0 Å². The largest absolute Gasteiger partial charge is 0.494 e. The lowest BCUT2D eigenvalue weighted by Gasteiger charge is -2.00. The zero-order valence-electron chi connectivity index (χ0n) is 8.08. The minimum absolute atomic E-state index is 0.631. The summed E-state index contributed by atoms with van der Waals surface area (Å²) in [6.07, 6.45) is 4.52. The fourth-order valence-corrected chi connectivity index (χ4v) is 1.57. The molecule has 0 saturated heterocycles. The molecule has 0 amide bonds. The van der Waals surface area contributed by atoms with Crippen LogP contribution in [0.1, 0.15) is 5.56 Å². The molecule has 0 aliphatic heterocycles. The van der Waals surface area contributed by atoms with E-state index >= 15 is 0 Å². The van der Waals surface area contributed by atoms with E-state index in [0.29, 0.717) is 6.54 Å². The fourth-order valence-electron chi connectivity index (χ4n) is 1.57. The molecular weight excluding hydrogens is 178 g/mol. The highest BCUT2D eigenvalue weighted by Crippen LogP contribution is 2.24. The van der Waals surface area contributed by atoms with Crippen molar-refractivity contribution in [1.82, 2.24) is 9.97 Å². The van der Waals surface area contributed by atoms with Crippen LogP contribution in [0.25, 0.3) is 11.0 Å². The van der Waals surface area contributed by atoms with Gasteiger partial charge in [-0.05, 0) is 18.5 Å². The quantitative estimate of drug-likeness (QED) is 0.762. The monoisotopic (exact) mass is 191 g/mol. The molecule has 0 spiro atoms. The minimum Gasteiger partial charge on any atom is -0.494 e. The Kier molecular flexibility index (Phi) is 2.37. The van der Waals surface area contributed by atoms with Gasteiger partial charge in [0.25, 0.3) is 0 Å². The molecule has 0 bridgehead atoms. The molecule has 4 heteroatoms. The Balaban J connectivity index is 2.57. The molecule has 0 radical (unpaired) electrons. The average Bonchev–Trinajstić information content (AvgIpc) is 2.62. The van der Waals surface area contributed by atoms with Gasteiger partial charge in [-0.15, -0.1) is 0 Å². The Labute approximate surface area is 82.1 Å². The summed E-state index contributed by atoms with van der Waals surface area (Å²) in [7, 11) is 1.65. The van der Waals surface area contributed by atoms with E-state index in [1.165, 1.54) is 0 Å². The van der Waals surface area contributed by atoms with Crippen molar-refractivity contribution in [1.29, 1.82) is 0 Å². The summed E-state index contributed by atoms with van der Waals surface area (Å²) < 4.78 is 5.22. The number of aromatic nitrogens is 2. The molecule has 0 aromatic carbocycles. The van der Waals surface area contributed by atoms with Crippen LogP contribution in [0.2, 0.25) is 0 Å². The summed E-state index contributed by atoms with van der Waals surface area (Å²) in [6, 6.07) is 1.84. The van der Waals surface area contributed by atoms with Crippen molar-refractivity contribution in [3.63, 3.8) is 0 Å². The van der Waals surface area contributed by atoms with E-state index in [1.807, 2.05) is 12.3 Å². The van der Waals surface area contributed by atoms with Crippen LogP contribution >= 0.6 is 0 Å². The van der Waals surface area contributed by atoms with E-state index in [9.17, 15) is 0 Å². The van der Waals surface area contributed by atoms with Crippen LogP contribution in [0.5, 0.6) is 5.75 Å². The lowest BCUT2D eigenvalue weighted by atomic mass is 10.2. The predicted octanol–water partition coefficient (Wildman–Crippen LogP) is 1.07. The van der Waals surface area contributed by atoms with E-state index < -0.39 is 0 Å². The molecule has 0 aliphatic carbocycles. The number of pyridine rings is 1. The van der Waals surface area contributed by atoms with Crippen molar-refractivity contribution in [3.8, 4) is 5.75 Å². The Hall–Kier alpha value is -1.55. The number of methoxy groups -OCH3 is 1. The number of nitrogens with two attached hydrogens (primary N) is 1. The van der Waals surface area contributed by atoms with Crippen LogP contribution in [-0.4, -0.2) is 23.6 Å². The number of H-pyrrole nitrogens is 1. The zero-order valence-corrected chi connectivity index (χ0v) is 8.08. The van der Waals surface area contributed by atoms with Crippen LogP contribution < -0.4 is 10.5 Å². The van der Waals surface area contributed by atoms with E-state index in [-0.39, 0.29) is 0 Å². The first-order chi connectivity index (χ1) is 6.86. The van der Waals surface area contributed by atoms with Crippen molar-refractivity contribution < 1.29 is 4.74 Å². The summed E-state index contributed by atoms with van der Waals surface area (Å²) in [5, 5.41) is 0. The number of ether oxygens (including phenoxy) is 1. The van der Waals surface area contributed by atoms with Gasteiger partial charge in [-0.25, -0.2) is 0 Å². The molecule has 2 rings (SSSR count). The molecule has 14 heavy (non-hydrogen) atoms. The van der Waals surface area contributed by atoms with Gasteiger partial charge in [-0.2, -0.15) is 0 Å². The Morgan fingerprint density at radius 2 is 2.43 bits per heavy atom. The van der Waals surface area contributed by atoms with Crippen molar-refractivity contribution in [2.75, 3.05) is 13.7 Å². The Bertz CT molecular complexity index is 436. The van der Waals surface area contributed by atoms with E-state index in [4.69, 9.17) is 10.5 Å². The van der Waals surface area contributed by atoms with Crippen molar-refractivity contribution >= 4 is 11.0 Å². The summed E-state index contributed by atoms with van der Waals surface area (Å²) in [4.78, 5) is 7.45. The van der Waals surface area contributed by atoms with Crippen molar-refractivity contribution in [2.24, 2.45) is 5.73 Å². The summed E-state index contributed by atoms with van der Waals surface area (Å²) >= 11 is 0. The molecule has 3 N–H and O–H groups in total. The summed E-state index contributed by atoms with van der Waals surface area (Å²) in [5.74, 6) is 0.818. The highest BCUT2D eigenvalue weighted by atomic mass is 16.5. The number of aromatic amines is 1. The number of fused-ring (bicyclic) bond motifs is 1. The van der Waals surface area contributed by atoms with Gasteiger partial charge in [-0.3, -0.25) is 4.98 Å². The Morgan fingerprint density at radius 1 is 1.57 bits per heavy atom. The number of rotatable bonds is 3. The molecule has 0 saturated carbocycles. The standard InChI is InChI=1S/C10H13N3O/c1-14-8-3-5-12-9-7(2-4-11)6-13-10(8)9/h3,5-6,13H,2,4,11H2,1H3. The molecule has 74 valence electrons. The summed E-state index contributed by atoms with van der Waals surface area (Å²) in [6.45, 7) is 0.631. The highest BCUT2D eigenvalue weighted by molar-refractivity contribution is 5.84. The third kappa shape index (κ3) is 1.33. The maximum Gasteiger partial charge on any atom is 0.146 e. The Morgan fingerprint density at radius 3 is 3.14 bits per heavy atom. The van der Waals surface area contributed by atoms with Crippen LogP contribution in [0, 0.1) is 0 Å². The maximum absolute atomic E-state index is 5.51. The van der Waals surface area contributed by atoms with Crippen molar-refractivity contribution in [2.45, 2.75) is 6.42 Å². The predicted molar refractivity (Wildman–Crippen MR) is 55.4 cm³/mol. The second-order valence-corrected chi connectivity index (χ2v) is 3.09. The molecule has 0 fully saturated rings. The van der Waals surface area contributed by atoms with Gasteiger partial charge in [0.15, 0.2) is 0 Å². The highest BCUT2D eigenvalue weighted by Gasteiger charge is 2.07. The van der Waals surface area contributed by atoms with Gasteiger partial charge in [0.05, 0.1) is 12.6 Å². The van der Waals surface area contributed by atoms with E-state index in [1.54, 1.807) is 13.3 Å². The third-order valence-electron chi connectivity index (χ3n) is 2.24. The van der Waals surface area contributed by atoms with Gasteiger partial charge in [0, 0.05) is 18.5 Å². The maximum atomic E-state index is 5.51. The molecule has 2 aromatic heterocycles. The topological polar surface area (TPSA) is 63.9 Å². The number of nitrogens with zero attached hydrogens (tertiary/aromatic N) is 1. The zero-order chi connectivity index (χ0) is 9.97. The average molecular weight is 191 g/mol. The van der Waals surface area contributed by atoms with Crippen LogP contribution in [0.15, 0.2) is 18.5 Å². The van der Waals surface area contributed by atoms with Gasteiger partial charge >= 0.3 is 0 Å². The van der Waals surface area contributed by atoms with Gasteiger partial charge in [0.2, 0.25) is 0 Å².